The number of carbonyl (C=O) groups excluding carboxylic acids is 1. The monoisotopic (exact) mass is 429 g/mol. The zero-order valence-electron chi connectivity index (χ0n) is 18.5. The van der Waals surface area contributed by atoms with E-state index >= 15 is 0 Å². The van der Waals surface area contributed by atoms with E-state index in [4.69, 9.17) is 4.74 Å². The molecule has 0 bridgehead atoms. The van der Waals surface area contributed by atoms with Crippen LogP contribution in [-0.2, 0) is 11.3 Å². The summed E-state index contributed by atoms with van der Waals surface area (Å²) in [6.45, 7) is 6.31. The molecule has 0 aromatic heterocycles. The number of benzene rings is 3. The lowest BCUT2D eigenvalue weighted by atomic mass is 10.2. The van der Waals surface area contributed by atoms with E-state index in [2.05, 4.69) is 21.9 Å². The standard InChI is InChI=1S/C27H31N3O2/c31-27(30(25-12-6-2-7-13-25)22-24-10-4-1-5-11-24)23-29-18-16-28(17-19-29)20-21-32-26-14-8-3-9-15-26/h1-15H,16-23H2. The van der Waals surface area contributed by atoms with Crippen molar-refractivity contribution in [3.05, 3.63) is 96.6 Å². The maximum absolute atomic E-state index is 13.3. The number of hydrogen-bond donors (Lipinski definition) is 0. The highest BCUT2D eigenvalue weighted by Gasteiger charge is 2.23. The molecule has 0 spiro atoms. The summed E-state index contributed by atoms with van der Waals surface area (Å²) in [5.41, 5.74) is 2.07. The molecule has 0 saturated carbocycles. The van der Waals surface area contributed by atoms with Gasteiger partial charge in [-0.3, -0.25) is 14.6 Å². The lowest BCUT2D eigenvalue weighted by Gasteiger charge is -2.35. The maximum atomic E-state index is 13.3. The van der Waals surface area contributed by atoms with Crippen molar-refractivity contribution in [2.75, 3.05) is 50.8 Å². The molecular formula is C27H31N3O2. The first kappa shape index (κ1) is 22.1. The van der Waals surface area contributed by atoms with Crippen LogP contribution < -0.4 is 9.64 Å². The molecule has 1 amide bonds. The Hall–Kier alpha value is -3.15. The fourth-order valence-corrected chi connectivity index (χ4v) is 3.95. The van der Waals surface area contributed by atoms with Gasteiger partial charge in [0, 0.05) is 38.4 Å². The smallest absolute Gasteiger partial charge is 0.241 e. The van der Waals surface area contributed by atoms with E-state index in [1.165, 1.54) is 0 Å². The molecule has 32 heavy (non-hydrogen) atoms. The van der Waals surface area contributed by atoms with Gasteiger partial charge < -0.3 is 9.64 Å². The number of rotatable bonds is 9. The molecular weight excluding hydrogens is 398 g/mol. The van der Waals surface area contributed by atoms with Crippen LogP contribution in [-0.4, -0.2) is 61.6 Å². The summed E-state index contributed by atoms with van der Waals surface area (Å²) in [7, 11) is 0. The lowest BCUT2D eigenvalue weighted by molar-refractivity contribution is -0.120. The second kappa shape index (κ2) is 11.5. The van der Waals surface area contributed by atoms with Crippen molar-refractivity contribution in [1.29, 1.82) is 0 Å². The average Bonchev–Trinajstić information content (AvgIpc) is 2.85. The Bertz CT molecular complexity index is 942. The van der Waals surface area contributed by atoms with Gasteiger partial charge in [0.15, 0.2) is 0 Å². The fraction of sp³-hybridized carbons (Fsp3) is 0.296. The molecule has 1 fully saturated rings. The Morgan fingerprint density at radius 3 is 1.97 bits per heavy atom. The van der Waals surface area contributed by atoms with Gasteiger partial charge >= 0.3 is 0 Å². The number of nitrogens with zero attached hydrogens (tertiary/aromatic N) is 3. The van der Waals surface area contributed by atoms with E-state index in [9.17, 15) is 4.79 Å². The molecule has 1 aliphatic rings. The molecule has 1 saturated heterocycles. The van der Waals surface area contributed by atoms with E-state index < -0.39 is 0 Å². The Morgan fingerprint density at radius 2 is 1.31 bits per heavy atom. The van der Waals surface area contributed by atoms with E-state index in [1.54, 1.807) is 0 Å². The van der Waals surface area contributed by atoms with Gasteiger partial charge in [0.2, 0.25) is 5.91 Å². The predicted molar refractivity (Wildman–Crippen MR) is 129 cm³/mol. The number of amides is 1. The van der Waals surface area contributed by atoms with Crippen LogP contribution in [0.2, 0.25) is 0 Å². The molecule has 0 N–H and O–H groups in total. The van der Waals surface area contributed by atoms with Crippen LogP contribution in [0.1, 0.15) is 5.56 Å². The molecule has 0 aliphatic carbocycles. The first-order valence-electron chi connectivity index (χ1n) is 11.3. The zero-order valence-corrected chi connectivity index (χ0v) is 18.5. The van der Waals surface area contributed by atoms with Crippen LogP contribution in [0.3, 0.4) is 0 Å². The lowest BCUT2D eigenvalue weighted by Crippen LogP contribution is -2.50. The minimum absolute atomic E-state index is 0.140. The molecule has 166 valence electrons. The van der Waals surface area contributed by atoms with Gasteiger partial charge in [0.25, 0.3) is 0 Å². The molecule has 1 heterocycles. The summed E-state index contributed by atoms with van der Waals surface area (Å²) in [5, 5.41) is 0. The molecule has 0 atom stereocenters. The van der Waals surface area contributed by atoms with Gasteiger partial charge in [0.05, 0.1) is 13.1 Å². The van der Waals surface area contributed by atoms with Crippen molar-refractivity contribution >= 4 is 11.6 Å². The van der Waals surface area contributed by atoms with Gasteiger partial charge in [0.1, 0.15) is 12.4 Å². The minimum Gasteiger partial charge on any atom is -0.492 e. The first-order chi connectivity index (χ1) is 15.8. The van der Waals surface area contributed by atoms with Gasteiger partial charge in [-0.05, 0) is 29.8 Å². The second-order valence-corrected chi connectivity index (χ2v) is 8.08. The van der Waals surface area contributed by atoms with Crippen LogP contribution in [0.15, 0.2) is 91.0 Å². The van der Waals surface area contributed by atoms with Crippen molar-refractivity contribution < 1.29 is 9.53 Å². The molecule has 3 aromatic rings. The number of carbonyl (C=O) groups is 1. The van der Waals surface area contributed by atoms with E-state index in [-0.39, 0.29) is 5.91 Å². The van der Waals surface area contributed by atoms with Crippen molar-refractivity contribution in [3.63, 3.8) is 0 Å². The number of anilines is 1. The van der Waals surface area contributed by atoms with Crippen molar-refractivity contribution in [2.24, 2.45) is 0 Å². The van der Waals surface area contributed by atoms with Crippen LogP contribution in [0.5, 0.6) is 5.75 Å². The molecule has 1 aliphatic heterocycles. The van der Waals surface area contributed by atoms with Crippen LogP contribution in [0, 0.1) is 0 Å². The molecule has 5 nitrogen and oxygen atoms in total. The topological polar surface area (TPSA) is 36.0 Å². The van der Waals surface area contributed by atoms with Crippen LogP contribution in [0.25, 0.3) is 0 Å². The summed E-state index contributed by atoms with van der Waals surface area (Å²) in [6.07, 6.45) is 0. The average molecular weight is 430 g/mol. The largest absolute Gasteiger partial charge is 0.492 e. The number of piperazine rings is 1. The molecule has 4 rings (SSSR count). The van der Waals surface area contributed by atoms with Gasteiger partial charge in [-0.2, -0.15) is 0 Å². The molecule has 3 aromatic carbocycles. The summed E-state index contributed by atoms with van der Waals surface area (Å²) in [4.78, 5) is 19.8. The molecule has 5 heteroatoms. The number of hydrogen-bond acceptors (Lipinski definition) is 4. The highest BCUT2D eigenvalue weighted by molar-refractivity contribution is 5.94. The van der Waals surface area contributed by atoms with E-state index in [0.717, 1.165) is 49.7 Å². The van der Waals surface area contributed by atoms with E-state index in [0.29, 0.717) is 19.7 Å². The second-order valence-electron chi connectivity index (χ2n) is 8.08. The molecule has 0 unspecified atom stereocenters. The van der Waals surface area contributed by atoms with Gasteiger partial charge in [-0.25, -0.2) is 0 Å². The Kier molecular flexibility index (Phi) is 7.90. The SMILES string of the molecule is O=C(CN1CCN(CCOc2ccccc2)CC1)N(Cc1ccccc1)c1ccccc1. The predicted octanol–water partition coefficient (Wildman–Crippen LogP) is 3.92. The fourth-order valence-electron chi connectivity index (χ4n) is 3.95. The normalized spacial score (nSPS) is 14.8. The van der Waals surface area contributed by atoms with E-state index in [1.807, 2.05) is 83.8 Å². The first-order valence-corrected chi connectivity index (χ1v) is 11.3. The molecule has 0 radical (unpaired) electrons. The van der Waals surface area contributed by atoms with Crippen LogP contribution >= 0.6 is 0 Å². The summed E-state index contributed by atoms with van der Waals surface area (Å²) >= 11 is 0. The third-order valence-corrected chi connectivity index (χ3v) is 5.80. The Labute approximate surface area is 190 Å². The third kappa shape index (κ3) is 6.42. The van der Waals surface area contributed by atoms with Crippen LogP contribution in [0.4, 0.5) is 5.69 Å². The quantitative estimate of drug-likeness (QED) is 0.517. The highest BCUT2D eigenvalue weighted by Crippen LogP contribution is 2.18. The zero-order chi connectivity index (χ0) is 22.0. The number of para-hydroxylation sites is 2. The minimum atomic E-state index is 0.140. The Morgan fingerprint density at radius 1 is 0.750 bits per heavy atom. The van der Waals surface area contributed by atoms with Crippen molar-refractivity contribution in [3.8, 4) is 5.75 Å². The van der Waals surface area contributed by atoms with Gasteiger partial charge in [-0.1, -0.05) is 66.7 Å². The number of ether oxygens (including phenoxy) is 1. The third-order valence-electron chi connectivity index (χ3n) is 5.80. The van der Waals surface area contributed by atoms with Gasteiger partial charge in [-0.15, -0.1) is 0 Å². The summed E-state index contributed by atoms with van der Waals surface area (Å²) in [5.74, 6) is 1.05. The Balaban J connectivity index is 1.27. The summed E-state index contributed by atoms with van der Waals surface area (Å²) in [6, 6.07) is 30.1. The van der Waals surface area contributed by atoms with Crippen molar-refractivity contribution in [2.45, 2.75) is 6.54 Å². The maximum Gasteiger partial charge on any atom is 0.241 e. The highest BCUT2D eigenvalue weighted by atomic mass is 16.5. The van der Waals surface area contributed by atoms with Crippen molar-refractivity contribution in [1.82, 2.24) is 9.80 Å². The summed E-state index contributed by atoms with van der Waals surface area (Å²) < 4.78 is 5.82.